The molecule has 0 fully saturated rings. The minimum Gasteiger partial charge on any atom is -0.373 e. The van der Waals surface area contributed by atoms with Gasteiger partial charge in [-0.3, -0.25) is 4.98 Å². The minimum absolute atomic E-state index is 0. The summed E-state index contributed by atoms with van der Waals surface area (Å²) in [6, 6.07) is 68.0. The number of rotatable bonds is 13. The number of pyridine rings is 1. The molecule has 66 heavy (non-hydrogen) atoms. The van der Waals surface area contributed by atoms with Crippen LogP contribution in [0.3, 0.4) is 0 Å². The van der Waals surface area contributed by atoms with E-state index < -0.39 is 0 Å². The van der Waals surface area contributed by atoms with Crippen LogP contribution in [0.25, 0.3) is 67.2 Å². The van der Waals surface area contributed by atoms with Crippen molar-refractivity contribution in [2.24, 2.45) is 7.05 Å². The molecular weight excluding hydrogens is 983 g/mol. The second kappa shape index (κ2) is 20.0. The maximum Gasteiger partial charge on any atom is 3.00 e. The van der Waals surface area contributed by atoms with Gasteiger partial charge in [0.1, 0.15) is 6.17 Å². The van der Waals surface area contributed by atoms with Crippen LogP contribution in [0.2, 0.25) is 0 Å². The second-order valence-corrected chi connectivity index (χ2v) is 17.1. The third-order valence-corrected chi connectivity index (χ3v) is 12.5. The molecule has 0 radical (unpaired) electrons. The molecule has 1 N–H and O–H groups in total. The molecule has 0 amide bonds. The number of imidazole rings is 1. The topological polar surface area (TPSA) is 46.0 Å². The zero-order valence-electron chi connectivity index (χ0n) is 37.4. The van der Waals surface area contributed by atoms with Crippen molar-refractivity contribution in [1.29, 1.82) is 0 Å². The van der Waals surface area contributed by atoms with E-state index in [0.717, 1.165) is 76.1 Å². The summed E-state index contributed by atoms with van der Waals surface area (Å²) in [5.74, 6) is 0.922. The van der Waals surface area contributed by atoms with Crippen LogP contribution < -0.4 is 5.32 Å². The van der Waals surface area contributed by atoms with Gasteiger partial charge in [-0.25, -0.2) is 0 Å². The summed E-state index contributed by atoms with van der Waals surface area (Å²) in [5, 5.41) is 3.42. The van der Waals surface area contributed by atoms with Crippen LogP contribution in [0.5, 0.6) is 0 Å². The van der Waals surface area contributed by atoms with Gasteiger partial charge in [-0.1, -0.05) is 139 Å². The zero-order chi connectivity index (χ0) is 44.1. The minimum atomic E-state index is 0. The van der Waals surface area contributed by atoms with Gasteiger partial charge in [-0.2, -0.15) is 29.8 Å². The molecule has 1 aliphatic heterocycles. The maximum atomic E-state index is 4.80. The Bertz CT molecular complexity index is 3080. The summed E-state index contributed by atoms with van der Waals surface area (Å²) in [4.78, 5) is 11.5. The quantitative estimate of drug-likeness (QED) is 0.117. The molecule has 6 heteroatoms. The monoisotopic (exact) mass is 1030 g/mol. The molecule has 3 heterocycles. The molecule has 1 aliphatic rings. The maximum absolute atomic E-state index is 4.80. The first-order chi connectivity index (χ1) is 31.9. The first kappa shape index (κ1) is 44.1. The van der Waals surface area contributed by atoms with Crippen LogP contribution in [-0.2, 0) is 52.8 Å². The van der Waals surface area contributed by atoms with E-state index >= 15 is 0 Å². The number of benzene rings is 7. The van der Waals surface area contributed by atoms with E-state index in [4.69, 9.17) is 4.98 Å². The van der Waals surface area contributed by atoms with E-state index in [2.05, 4.69) is 211 Å². The fourth-order valence-electron chi connectivity index (χ4n) is 8.89. The van der Waals surface area contributed by atoms with E-state index in [1.54, 1.807) is 0 Å². The summed E-state index contributed by atoms with van der Waals surface area (Å²) < 4.78 is 2.03. The van der Waals surface area contributed by atoms with Crippen molar-refractivity contribution in [2.75, 3.05) is 7.05 Å². The molecule has 0 bridgehead atoms. The molecule has 0 aliphatic carbocycles. The summed E-state index contributed by atoms with van der Waals surface area (Å²) >= 11 is 0. The molecular formula is C60H50IrN5. The fourth-order valence-corrected chi connectivity index (χ4v) is 8.89. The normalized spacial score (nSPS) is 13.1. The standard InChI is InChI=1S/C60H50N5.Ir/c1-42-13-32-58(63-41-42)52-30-31-56(57(40-52)49-28-26-48(27-29-49)47-9-5-4-6-10-47)55-12-8-7-11-54(55)53-38-45(16-14-43-18-22-50(23-19-43)59-61-33-35-64(59)2)37-46(39-53)17-15-44-20-24-51(25-21-44)60-62-34-36-65(60)3;/h4-13,18-22,24,26-29,31-41,59,61H,14-17H2,1-3H3;/q-3;+3. The smallest absolute Gasteiger partial charge is 0.373 e. The number of nitrogens with zero attached hydrogens (tertiary/aromatic N) is 4. The van der Waals surface area contributed by atoms with E-state index in [1.165, 1.54) is 50.1 Å². The van der Waals surface area contributed by atoms with Gasteiger partial charge in [0.05, 0.1) is 5.82 Å². The summed E-state index contributed by atoms with van der Waals surface area (Å²) in [5.41, 5.74) is 19.7. The first-order valence-electron chi connectivity index (χ1n) is 22.4. The summed E-state index contributed by atoms with van der Waals surface area (Å²) in [6.45, 7) is 2.07. The molecule has 324 valence electrons. The Kier molecular flexibility index (Phi) is 13.3. The van der Waals surface area contributed by atoms with E-state index in [0.29, 0.717) is 0 Å². The van der Waals surface area contributed by atoms with Crippen LogP contribution in [0, 0.1) is 25.1 Å². The van der Waals surface area contributed by atoms with Crippen molar-refractivity contribution < 1.29 is 20.1 Å². The molecule has 0 spiro atoms. The molecule has 0 saturated heterocycles. The summed E-state index contributed by atoms with van der Waals surface area (Å²) in [6.07, 6.45) is 13.5. The van der Waals surface area contributed by atoms with Gasteiger partial charge >= 0.3 is 20.1 Å². The molecule has 0 saturated carbocycles. The number of hydrogen-bond acceptors (Lipinski definition) is 4. The van der Waals surface area contributed by atoms with Crippen LogP contribution in [-0.4, -0.2) is 26.5 Å². The molecule has 1 unspecified atom stereocenters. The first-order valence-corrected chi connectivity index (χ1v) is 22.4. The molecule has 9 aromatic rings. The van der Waals surface area contributed by atoms with Crippen molar-refractivity contribution >= 4 is 0 Å². The molecule has 10 rings (SSSR count). The van der Waals surface area contributed by atoms with Crippen molar-refractivity contribution in [3.8, 4) is 67.2 Å². The molecule has 1 atom stereocenters. The van der Waals surface area contributed by atoms with Crippen molar-refractivity contribution in [3.05, 3.63) is 240 Å². The fraction of sp³-hybridized carbons (Fsp3) is 0.133. The van der Waals surface area contributed by atoms with Crippen molar-refractivity contribution in [2.45, 2.75) is 38.8 Å². The third-order valence-electron chi connectivity index (χ3n) is 12.5. The van der Waals surface area contributed by atoms with Crippen LogP contribution in [0.1, 0.15) is 39.5 Å². The third kappa shape index (κ3) is 9.77. The van der Waals surface area contributed by atoms with E-state index in [-0.39, 0.29) is 26.3 Å². The SMILES string of the molecule is Cc1ccc(-c2[c-]cc(-c3ccccc3-c3cc(CCc4c[c-]c(-c5nccn5C)cc4)cc(CCc4c[c-]c(C5NC=CN5C)cc4)c3)c(-c3ccc(-c4ccccc4)cc3)c2)nc1.[Ir+3]. The van der Waals surface area contributed by atoms with Crippen LogP contribution in [0.15, 0.2) is 189 Å². The zero-order valence-corrected chi connectivity index (χ0v) is 39.8. The average Bonchev–Trinajstić information content (AvgIpc) is 4.00. The molecule has 7 aromatic carbocycles. The van der Waals surface area contributed by atoms with Gasteiger partial charge in [0.15, 0.2) is 0 Å². The average molecular weight is 1030 g/mol. The number of hydrogen-bond donors (Lipinski definition) is 1. The Morgan fingerprint density at radius 1 is 0.545 bits per heavy atom. The second-order valence-electron chi connectivity index (χ2n) is 17.1. The Labute approximate surface area is 402 Å². The largest absolute Gasteiger partial charge is 3.00 e. The molecule has 5 nitrogen and oxygen atoms in total. The Hall–Kier alpha value is -7.11. The van der Waals surface area contributed by atoms with Crippen LogP contribution in [0.4, 0.5) is 0 Å². The number of nitrogens with one attached hydrogen (secondary N) is 1. The van der Waals surface area contributed by atoms with Gasteiger partial charge in [0, 0.05) is 45.1 Å². The van der Waals surface area contributed by atoms with Gasteiger partial charge < -0.3 is 19.8 Å². The summed E-state index contributed by atoms with van der Waals surface area (Å²) in [7, 11) is 4.10. The predicted molar refractivity (Wildman–Crippen MR) is 265 cm³/mol. The molecule has 2 aromatic heterocycles. The van der Waals surface area contributed by atoms with Crippen LogP contribution >= 0.6 is 0 Å². The van der Waals surface area contributed by atoms with E-state index in [9.17, 15) is 0 Å². The van der Waals surface area contributed by atoms with Gasteiger partial charge in [0.25, 0.3) is 0 Å². The predicted octanol–water partition coefficient (Wildman–Crippen LogP) is 13.1. The Morgan fingerprint density at radius 3 is 1.85 bits per heavy atom. The van der Waals surface area contributed by atoms with Gasteiger partial charge in [-0.15, -0.1) is 64.7 Å². The number of aromatic nitrogens is 3. The van der Waals surface area contributed by atoms with Crippen molar-refractivity contribution in [1.82, 2.24) is 24.8 Å². The number of aryl methyl sites for hydroxylation is 6. The van der Waals surface area contributed by atoms with Gasteiger partial charge in [-0.05, 0) is 70.0 Å². The van der Waals surface area contributed by atoms with E-state index in [1.807, 2.05) is 36.4 Å². The van der Waals surface area contributed by atoms with Crippen molar-refractivity contribution in [3.63, 3.8) is 0 Å². The van der Waals surface area contributed by atoms with Gasteiger partial charge in [0.2, 0.25) is 0 Å². The Morgan fingerprint density at radius 2 is 1.21 bits per heavy atom. The Balaban J connectivity index is 0.00000548.